The number of urea groups is 1. The summed E-state index contributed by atoms with van der Waals surface area (Å²) < 4.78 is 10.8. The molecule has 1 fully saturated rings. The molecule has 1 saturated heterocycles. The van der Waals surface area contributed by atoms with Crippen molar-refractivity contribution >= 4 is 29.6 Å². The molecule has 0 atom stereocenters. The molecule has 4 amide bonds. The van der Waals surface area contributed by atoms with Gasteiger partial charge in [0.05, 0.1) is 19.4 Å². The molecule has 144 valence electrons. The van der Waals surface area contributed by atoms with E-state index in [-0.39, 0.29) is 5.57 Å². The fourth-order valence-corrected chi connectivity index (χ4v) is 2.78. The van der Waals surface area contributed by atoms with Crippen LogP contribution < -0.4 is 19.7 Å². The van der Waals surface area contributed by atoms with Crippen LogP contribution in [-0.4, -0.2) is 31.6 Å². The lowest BCUT2D eigenvalue weighted by atomic mass is 10.1. The minimum Gasteiger partial charge on any atom is -0.497 e. The largest absolute Gasteiger partial charge is 0.497 e. The molecule has 7 heteroatoms. The molecule has 0 spiro atoms. The van der Waals surface area contributed by atoms with Crippen LogP contribution in [0.25, 0.3) is 6.08 Å². The van der Waals surface area contributed by atoms with Gasteiger partial charge in [-0.05, 0) is 44.2 Å². The summed E-state index contributed by atoms with van der Waals surface area (Å²) in [6, 6.07) is 11.1. The van der Waals surface area contributed by atoms with Crippen molar-refractivity contribution in [3.8, 4) is 11.5 Å². The highest BCUT2D eigenvalue weighted by Crippen LogP contribution is 2.29. The smallest absolute Gasteiger partial charge is 0.335 e. The molecule has 0 radical (unpaired) electrons. The Hall–Kier alpha value is -3.61. The van der Waals surface area contributed by atoms with Crippen molar-refractivity contribution in [1.29, 1.82) is 0 Å². The highest BCUT2D eigenvalue weighted by molar-refractivity contribution is 6.39. The summed E-state index contributed by atoms with van der Waals surface area (Å²) in [7, 11) is 1.53. The molecule has 0 unspecified atom stereocenters. The van der Waals surface area contributed by atoms with Crippen molar-refractivity contribution in [2.75, 3.05) is 18.6 Å². The number of hydrogen-bond donors (Lipinski definition) is 1. The molecule has 0 saturated carbocycles. The van der Waals surface area contributed by atoms with E-state index in [1.165, 1.54) is 13.2 Å². The number of imide groups is 2. The fraction of sp³-hybridized carbons (Fsp3) is 0.190. The van der Waals surface area contributed by atoms with Crippen LogP contribution in [0.3, 0.4) is 0 Å². The Labute approximate surface area is 162 Å². The molecule has 2 aromatic rings. The van der Waals surface area contributed by atoms with Crippen LogP contribution >= 0.6 is 0 Å². The molecule has 1 heterocycles. The number of anilines is 1. The molecule has 7 nitrogen and oxygen atoms in total. The highest BCUT2D eigenvalue weighted by atomic mass is 16.5. The number of rotatable bonds is 5. The number of carbonyl (C=O) groups excluding carboxylic acids is 3. The van der Waals surface area contributed by atoms with Gasteiger partial charge in [0.1, 0.15) is 17.1 Å². The summed E-state index contributed by atoms with van der Waals surface area (Å²) in [6.07, 6.45) is 1.41. The monoisotopic (exact) mass is 380 g/mol. The number of benzene rings is 2. The van der Waals surface area contributed by atoms with Gasteiger partial charge in [-0.15, -0.1) is 0 Å². The lowest BCUT2D eigenvalue weighted by molar-refractivity contribution is -0.122. The van der Waals surface area contributed by atoms with Gasteiger partial charge in [0.15, 0.2) is 0 Å². The normalized spacial score (nSPS) is 15.6. The average molecular weight is 380 g/mol. The van der Waals surface area contributed by atoms with Crippen LogP contribution in [0.1, 0.15) is 18.1 Å². The molecular formula is C21H20N2O5. The first-order valence-corrected chi connectivity index (χ1v) is 8.73. The van der Waals surface area contributed by atoms with Crippen molar-refractivity contribution in [1.82, 2.24) is 5.32 Å². The molecule has 0 aliphatic carbocycles. The van der Waals surface area contributed by atoms with Gasteiger partial charge in [0.2, 0.25) is 0 Å². The van der Waals surface area contributed by atoms with Gasteiger partial charge in [0.25, 0.3) is 11.8 Å². The maximum absolute atomic E-state index is 12.9. The zero-order valence-corrected chi connectivity index (χ0v) is 15.8. The summed E-state index contributed by atoms with van der Waals surface area (Å²) in [4.78, 5) is 38.5. The number of hydrogen-bond acceptors (Lipinski definition) is 5. The van der Waals surface area contributed by atoms with Gasteiger partial charge in [-0.25, -0.2) is 9.69 Å². The predicted octanol–water partition coefficient (Wildman–Crippen LogP) is 3.07. The lowest BCUT2D eigenvalue weighted by Crippen LogP contribution is -2.54. The zero-order chi connectivity index (χ0) is 20.3. The van der Waals surface area contributed by atoms with E-state index in [1.54, 1.807) is 42.5 Å². The van der Waals surface area contributed by atoms with Crippen molar-refractivity contribution in [2.24, 2.45) is 0 Å². The average Bonchev–Trinajstić information content (AvgIpc) is 2.67. The molecule has 2 aromatic carbocycles. The van der Waals surface area contributed by atoms with Crippen LogP contribution in [0, 0.1) is 6.92 Å². The summed E-state index contributed by atoms with van der Waals surface area (Å²) in [5.74, 6) is -0.400. The first-order chi connectivity index (χ1) is 13.4. The highest BCUT2D eigenvalue weighted by Gasteiger charge is 2.36. The lowest BCUT2D eigenvalue weighted by Gasteiger charge is -2.26. The fourth-order valence-electron chi connectivity index (χ4n) is 2.78. The Bertz CT molecular complexity index is 963. The topological polar surface area (TPSA) is 84.9 Å². The van der Waals surface area contributed by atoms with Crippen LogP contribution in [0.15, 0.2) is 48.0 Å². The summed E-state index contributed by atoms with van der Waals surface area (Å²) in [5.41, 5.74) is 1.73. The van der Waals surface area contributed by atoms with Crippen LogP contribution in [-0.2, 0) is 9.59 Å². The van der Waals surface area contributed by atoms with Crippen LogP contribution in [0.4, 0.5) is 10.5 Å². The Morgan fingerprint density at radius 3 is 2.43 bits per heavy atom. The van der Waals surface area contributed by atoms with Gasteiger partial charge >= 0.3 is 6.03 Å². The minimum absolute atomic E-state index is 0.161. The van der Waals surface area contributed by atoms with E-state index in [0.29, 0.717) is 29.4 Å². The van der Waals surface area contributed by atoms with E-state index >= 15 is 0 Å². The SMILES string of the molecule is CCOc1cc(OC)ccc1/C=C1\C(=O)NC(=O)N(c2ccc(C)cc2)C1=O. The van der Waals surface area contributed by atoms with Crippen molar-refractivity contribution in [3.05, 3.63) is 59.2 Å². The molecule has 3 rings (SSSR count). The van der Waals surface area contributed by atoms with E-state index < -0.39 is 17.8 Å². The molecule has 0 aromatic heterocycles. The minimum atomic E-state index is -0.782. The van der Waals surface area contributed by atoms with Gasteiger partial charge in [-0.1, -0.05) is 17.7 Å². The number of barbiturate groups is 1. The summed E-state index contributed by atoms with van der Waals surface area (Å²) in [5, 5.41) is 2.21. The quantitative estimate of drug-likeness (QED) is 0.637. The van der Waals surface area contributed by atoms with E-state index in [0.717, 1.165) is 10.5 Å². The number of nitrogens with one attached hydrogen (secondary N) is 1. The molecule has 28 heavy (non-hydrogen) atoms. The number of amides is 4. The second kappa shape index (κ2) is 7.96. The van der Waals surface area contributed by atoms with Crippen LogP contribution in [0.2, 0.25) is 0 Å². The predicted molar refractivity (Wildman–Crippen MR) is 104 cm³/mol. The van der Waals surface area contributed by atoms with E-state index in [1.807, 2.05) is 13.8 Å². The third-order valence-electron chi connectivity index (χ3n) is 4.21. The zero-order valence-electron chi connectivity index (χ0n) is 15.8. The number of methoxy groups -OCH3 is 1. The van der Waals surface area contributed by atoms with Gasteiger partial charge in [-0.2, -0.15) is 0 Å². The number of carbonyl (C=O) groups is 3. The van der Waals surface area contributed by atoms with Gasteiger partial charge < -0.3 is 9.47 Å². The Kier molecular flexibility index (Phi) is 5.44. The number of nitrogens with zero attached hydrogens (tertiary/aromatic N) is 1. The van der Waals surface area contributed by atoms with Gasteiger partial charge in [-0.3, -0.25) is 14.9 Å². The summed E-state index contributed by atoms with van der Waals surface area (Å²) >= 11 is 0. The standard InChI is InChI=1S/C21H20N2O5/c1-4-28-18-12-16(27-3)10-7-14(18)11-17-19(24)22-21(26)23(20(17)25)15-8-5-13(2)6-9-15/h5-12H,4H2,1-3H3,(H,22,24,26)/b17-11+. The molecule has 1 aliphatic heterocycles. The van der Waals surface area contributed by atoms with Crippen molar-refractivity contribution in [2.45, 2.75) is 13.8 Å². The van der Waals surface area contributed by atoms with E-state index in [9.17, 15) is 14.4 Å². The first kappa shape index (κ1) is 19.2. The number of ether oxygens (including phenoxy) is 2. The third kappa shape index (κ3) is 3.73. The molecular weight excluding hydrogens is 360 g/mol. The second-order valence-corrected chi connectivity index (χ2v) is 6.13. The Balaban J connectivity index is 2.03. The molecule has 0 bridgehead atoms. The van der Waals surface area contributed by atoms with Crippen LogP contribution in [0.5, 0.6) is 11.5 Å². The second-order valence-electron chi connectivity index (χ2n) is 6.13. The van der Waals surface area contributed by atoms with Gasteiger partial charge in [0, 0.05) is 11.6 Å². The van der Waals surface area contributed by atoms with Crippen molar-refractivity contribution < 1.29 is 23.9 Å². The van der Waals surface area contributed by atoms with Crippen molar-refractivity contribution in [3.63, 3.8) is 0 Å². The third-order valence-corrected chi connectivity index (χ3v) is 4.21. The molecule has 1 N–H and O–H groups in total. The maximum atomic E-state index is 12.9. The van der Waals surface area contributed by atoms with E-state index in [2.05, 4.69) is 5.32 Å². The number of aryl methyl sites for hydroxylation is 1. The molecule has 1 aliphatic rings. The Morgan fingerprint density at radius 2 is 1.79 bits per heavy atom. The van der Waals surface area contributed by atoms with E-state index in [4.69, 9.17) is 9.47 Å². The maximum Gasteiger partial charge on any atom is 0.335 e. The first-order valence-electron chi connectivity index (χ1n) is 8.73. The Morgan fingerprint density at radius 1 is 1.07 bits per heavy atom. The summed E-state index contributed by atoms with van der Waals surface area (Å²) in [6.45, 7) is 4.12.